The van der Waals surface area contributed by atoms with Gasteiger partial charge >= 0.3 is 5.97 Å². The van der Waals surface area contributed by atoms with Crippen molar-refractivity contribution in [1.29, 1.82) is 0 Å². The highest BCUT2D eigenvalue weighted by Crippen LogP contribution is 2.23. The van der Waals surface area contributed by atoms with Crippen molar-refractivity contribution in [2.45, 2.75) is 27.2 Å². The Kier molecular flexibility index (Phi) is 7.24. The van der Waals surface area contributed by atoms with Gasteiger partial charge in [-0.25, -0.2) is 4.68 Å². The van der Waals surface area contributed by atoms with Crippen molar-refractivity contribution in [1.82, 2.24) is 13.9 Å². The molecule has 0 amide bonds. The molecule has 0 aliphatic rings. The molecular formula is C28H29N3O5. The number of aryl methyl sites for hydroxylation is 1. The molecule has 0 bridgehead atoms. The van der Waals surface area contributed by atoms with E-state index < -0.39 is 5.97 Å². The van der Waals surface area contributed by atoms with Gasteiger partial charge in [0.2, 0.25) is 5.78 Å². The van der Waals surface area contributed by atoms with Crippen LogP contribution in [0, 0.1) is 20.8 Å². The second-order valence-electron chi connectivity index (χ2n) is 8.53. The number of esters is 1. The summed E-state index contributed by atoms with van der Waals surface area (Å²) in [6.45, 7) is 5.28. The van der Waals surface area contributed by atoms with Gasteiger partial charge in [0.05, 0.1) is 24.4 Å². The fraction of sp³-hybridized carbons (Fsp3) is 0.250. The molecule has 186 valence electrons. The topological polar surface area (TPSA) is 84.5 Å². The van der Waals surface area contributed by atoms with Crippen LogP contribution in [0.25, 0.3) is 11.4 Å². The molecule has 36 heavy (non-hydrogen) atoms. The number of aromatic nitrogens is 3. The third-order valence-corrected chi connectivity index (χ3v) is 6.16. The largest absolute Gasteiger partial charge is 0.493 e. The zero-order valence-corrected chi connectivity index (χ0v) is 20.9. The number of hydrogen-bond donors (Lipinski definition) is 0. The summed E-state index contributed by atoms with van der Waals surface area (Å²) < 4.78 is 15.9. The quantitative estimate of drug-likeness (QED) is 0.262. The summed E-state index contributed by atoms with van der Waals surface area (Å²) in [5.41, 5.74) is 3.57. The van der Waals surface area contributed by atoms with Gasteiger partial charge < -0.3 is 14.0 Å². The number of carbonyl (C=O) groups is 2. The van der Waals surface area contributed by atoms with E-state index in [1.807, 2.05) is 69.4 Å². The lowest BCUT2D eigenvalue weighted by Crippen LogP contribution is -2.22. The number of ether oxygens (including phenoxy) is 2. The van der Waals surface area contributed by atoms with Gasteiger partial charge in [0.1, 0.15) is 11.4 Å². The number of nitrogens with zero attached hydrogens (tertiary/aromatic N) is 3. The molecule has 0 aliphatic carbocycles. The van der Waals surface area contributed by atoms with Gasteiger partial charge in [-0.3, -0.25) is 19.1 Å². The highest BCUT2D eigenvalue weighted by Gasteiger charge is 2.24. The zero-order valence-electron chi connectivity index (χ0n) is 20.9. The lowest BCUT2D eigenvalue weighted by Gasteiger charge is -2.09. The molecule has 0 saturated heterocycles. The van der Waals surface area contributed by atoms with E-state index in [1.54, 1.807) is 39.1 Å². The average molecular weight is 488 g/mol. The molecule has 8 heteroatoms. The molecule has 0 spiro atoms. The predicted molar refractivity (Wildman–Crippen MR) is 136 cm³/mol. The second-order valence-corrected chi connectivity index (χ2v) is 8.53. The van der Waals surface area contributed by atoms with Crippen LogP contribution in [-0.4, -0.2) is 38.9 Å². The minimum absolute atomic E-state index is 0.0312. The lowest BCUT2D eigenvalue weighted by atomic mass is 10.1. The minimum Gasteiger partial charge on any atom is -0.493 e. The Morgan fingerprint density at radius 3 is 2.19 bits per heavy atom. The van der Waals surface area contributed by atoms with E-state index in [1.165, 1.54) is 0 Å². The Balaban J connectivity index is 1.49. The molecular weight excluding hydrogens is 458 g/mol. The lowest BCUT2D eigenvalue weighted by molar-refractivity contribution is -0.143. The van der Waals surface area contributed by atoms with E-state index in [2.05, 4.69) is 0 Å². The molecule has 0 aliphatic heterocycles. The van der Waals surface area contributed by atoms with Crippen LogP contribution in [0.3, 0.4) is 0 Å². The first-order valence-corrected chi connectivity index (χ1v) is 11.7. The zero-order chi connectivity index (χ0) is 25.8. The molecule has 0 N–H and O–H groups in total. The van der Waals surface area contributed by atoms with Crippen LogP contribution in [0.15, 0.2) is 71.5 Å². The van der Waals surface area contributed by atoms with Gasteiger partial charge in [0, 0.05) is 24.0 Å². The van der Waals surface area contributed by atoms with Crippen LogP contribution < -0.4 is 10.3 Å². The molecule has 2 aromatic heterocycles. The van der Waals surface area contributed by atoms with Crippen molar-refractivity contribution >= 4 is 11.8 Å². The van der Waals surface area contributed by atoms with Crippen molar-refractivity contribution in [3.63, 3.8) is 0 Å². The molecule has 2 heterocycles. The van der Waals surface area contributed by atoms with E-state index >= 15 is 0 Å². The summed E-state index contributed by atoms with van der Waals surface area (Å²) in [5.74, 6) is -0.183. The van der Waals surface area contributed by atoms with Crippen LogP contribution in [0.4, 0.5) is 0 Å². The van der Waals surface area contributed by atoms with Crippen molar-refractivity contribution in [2.24, 2.45) is 7.05 Å². The van der Waals surface area contributed by atoms with Crippen LogP contribution in [0.2, 0.25) is 0 Å². The van der Waals surface area contributed by atoms with E-state index in [4.69, 9.17) is 9.47 Å². The summed E-state index contributed by atoms with van der Waals surface area (Å²) in [5, 5.41) is 0. The molecule has 0 radical (unpaired) electrons. The predicted octanol–water partition coefficient (Wildman–Crippen LogP) is 4.09. The maximum Gasteiger partial charge on any atom is 0.309 e. The molecule has 8 nitrogen and oxygen atoms in total. The molecule has 4 rings (SSSR count). The number of benzene rings is 2. The number of Topliss-reactive ketones (excluding diaryl/α,β-unsaturated/α-hetero) is 1. The Bertz CT molecular complexity index is 1450. The number of ketones is 1. The second kappa shape index (κ2) is 10.5. The molecule has 2 aromatic carbocycles. The first-order chi connectivity index (χ1) is 17.3. The SMILES string of the molecule is Cc1cc(C(=O)COC(=O)CCOc2ccccc2)c(C)n1-c1c(C)n(C)n(-c2ccccc2)c1=O. The summed E-state index contributed by atoms with van der Waals surface area (Å²) >= 11 is 0. The molecule has 0 saturated carbocycles. The first-order valence-electron chi connectivity index (χ1n) is 11.7. The number of carbonyl (C=O) groups excluding carboxylic acids is 2. The van der Waals surface area contributed by atoms with Gasteiger partial charge in [-0.15, -0.1) is 0 Å². The van der Waals surface area contributed by atoms with Gasteiger partial charge in [0.25, 0.3) is 5.56 Å². The fourth-order valence-corrected chi connectivity index (χ4v) is 4.27. The highest BCUT2D eigenvalue weighted by molar-refractivity contribution is 5.99. The van der Waals surface area contributed by atoms with E-state index in [-0.39, 0.29) is 31.0 Å². The Morgan fingerprint density at radius 2 is 1.53 bits per heavy atom. The summed E-state index contributed by atoms with van der Waals surface area (Å²) in [6.07, 6.45) is 0.0312. The Hall–Kier alpha value is -4.33. The summed E-state index contributed by atoms with van der Waals surface area (Å²) in [7, 11) is 1.83. The summed E-state index contributed by atoms with van der Waals surface area (Å²) in [4.78, 5) is 38.5. The van der Waals surface area contributed by atoms with Crippen molar-refractivity contribution in [2.75, 3.05) is 13.2 Å². The third kappa shape index (κ3) is 4.88. The van der Waals surface area contributed by atoms with Gasteiger partial charge in [-0.1, -0.05) is 36.4 Å². The molecule has 0 fully saturated rings. The van der Waals surface area contributed by atoms with E-state index in [0.29, 0.717) is 22.7 Å². The van der Waals surface area contributed by atoms with E-state index in [9.17, 15) is 14.4 Å². The monoisotopic (exact) mass is 487 g/mol. The van der Waals surface area contributed by atoms with Crippen LogP contribution in [-0.2, 0) is 16.6 Å². The first kappa shape index (κ1) is 24.8. The van der Waals surface area contributed by atoms with Gasteiger partial charge in [0.15, 0.2) is 6.61 Å². The Morgan fingerprint density at radius 1 is 0.889 bits per heavy atom. The smallest absolute Gasteiger partial charge is 0.309 e. The fourth-order valence-electron chi connectivity index (χ4n) is 4.27. The van der Waals surface area contributed by atoms with E-state index in [0.717, 1.165) is 17.1 Å². The Labute approximate surface area is 209 Å². The van der Waals surface area contributed by atoms with Crippen LogP contribution in [0.5, 0.6) is 5.75 Å². The number of hydrogen-bond acceptors (Lipinski definition) is 5. The molecule has 4 aromatic rings. The number of rotatable bonds is 9. The van der Waals surface area contributed by atoms with Crippen LogP contribution >= 0.6 is 0 Å². The van der Waals surface area contributed by atoms with Crippen molar-refractivity contribution in [3.8, 4) is 17.1 Å². The number of para-hydroxylation sites is 2. The third-order valence-electron chi connectivity index (χ3n) is 6.16. The highest BCUT2D eigenvalue weighted by atomic mass is 16.5. The maximum absolute atomic E-state index is 13.5. The van der Waals surface area contributed by atoms with Gasteiger partial charge in [-0.2, -0.15) is 0 Å². The molecule has 0 unspecified atom stereocenters. The summed E-state index contributed by atoms with van der Waals surface area (Å²) in [6, 6.07) is 20.3. The van der Waals surface area contributed by atoms with Crippen LogP contribution in [0.1, 0.15) is 33.9 Å². The standard InChI is InChI=1S/C28H29N3O5/c1-19-17-24(25(32)18-36-26(33)15-16-35-23-13-9-6-10-14-23)20(2)30(19)27-21(3)29(4)31(28(27)34)22-11-7-5-8-12-22/h5-14,17H,15-16,18H2,1-4H3. The maximum atomic E-state index is 13.5. The minimum atomic E-state index is -0.516. The van der Waals surface area contributed by atoms with Crippen molar-refractivity contribution in [3.05, 3.63) is 99.7 Å². The van der Waals surface area contributed by atoms with Crippen molar-refractivity contribution < 1.29 is 19.1 Å². The normalized spacial score (nSPS) is 10.9. The molecule has 0 atom stereocenters. The average Bonchev–Trinajstić information content (AvgIpc) is 3.29. The van der Waals surface area contributed by atoms with Gasteiger partial charge in [-0.05, 0) is 51.1 Å².